The second kappa shape index (κ2) is 6.90. The van der Waals surface area contributed by atoms with E-state index in [2.05, 4.69) is 5.32 Å². The number of phenols is 2. The highest BCUT2D eigenvalue weighted by molar-refractivity contribution is 6.42. The van der Waals surface area contributed by atoms with Gasteiger partial charge in [-0.15, -0.1) is 0 Å². The molecule has 0 aliphatic carbocycles. The molecule has 2 aromatic rings. The summed E-state index contributed by atoms with van der Waals surface area (Å²) in [6.07, 6.45) is 0.432. The second-order valence-corrected chi connectivity index (χ2v) is 5.86. The molecule has 116 valence electrons. The van der Waals surface area contributed by atoms with Crippen LogP contribution >= 0.6 is 23.2 Å². The minimum Gasteiger partial charge on any atom is -0.504 e. The summed E-state index contributed by atoms with van der Waals surface area (Å²) in [5.41, 5.74) is 1.33. The lowest BCUT2D eigenvalue weighted by atomic mass is 10.00. The standard InChI is InChI=1S/C16H15Cl2NO3/c1-9(6-10-2-5-14(20)15(21)7-10)16(22)19-11-3-4-12(17)13(18)8-11/h2-5,7-9,20-21H,6H2,1H3,(H,19,22). The van der Waals surface area contributed by atoms with Crippen LogP contribution in [0.25, 0.3) is 0 Å². The Morgan fingerprint density at radius 1 is 1.09 bits per heavy atom. The van der Waals surface area contributed by atoms with E-state index < -0.39 is 0 Å². The molecule has 1 amide bonds. The van der Waals surface area contributed by atoms with Crippen LogP contribution < -0.4 is 5.32 Å². The molecule has 3 N–H and O–H groups in total. The quantitative estimate of drug-likeness (QED) is 0.730. The zero-order valence-corrected chi connectivity index (χ0v) is 13.3. The fraction of sp³-hybridized carbons (Fsp3) is 0.188. The highest BCUT2D eigenvalue weighted by Gasteiger charge is 2.15. The smallest absolute Gasteiger partial charge is 0.227 e. The first-order chi connectivity index (χ1) is 10.4. The zero-order chi connectivity index (χ0) is 16.3. The van der Waals surface area contributed by atoms with Gasteiger partial charge in [0.25, 0.3) is 0 Å². The summed E-state index contributed by atoms with van der Waals surface area (Å²) in [7, 11) is 0. The lowest BCUT2D eigenvalue weighted by molar-refractivity contribution is -0.119. The van der Waals surface area contributed by atoms with Crippen molar-refractivity contribution in [3.8, 4) is 11.5 Å². The third-order valence-corrected chi connectivity index (χ3v) is 3.96. The predicted molar refractivity (Wildman–Crippen MR) is 87.7 cm³/mol. The normalized spacial score (nSPS) is 12.0. The van der Waals surface area contributed by atoms with Gasteiger partial charge in [-0.05, 0) is 42.3 Å². The number of aromatic hydroxyl groups is 2. The number of anilines is 1. The van der Waals surface area contributed by atoms with Crippen molar-refractivity contribution in [3.63, 3.8) is 0 Å². The third kappa shape index (κ3) is 4.06. The SMILES string of the molecule is CC(Cc1ccc(O)c(O)c1)C(=O)Nc1ccc(Cl)c(Cl)c1. The van der Waals surface area contributed by atoms with Crippen LogP contribution in [0.15, 0.2) is 36.4 Å². The van der Waals surface area contributed by atoms with Gasteiger partial charge in [0.2, 0.25) is 5.91 Å². The number of hydrogen-bond donors (Lipinski definition) is 3. The van der Waals surface area contributed by atoms with E-state index in [1.807, 2.05) is 0 Å². The fourth-order valence-electron chi connectivity index (χ4n) is 1.98. The van der Waals surface area contributed by atoms with E-state index >= 15 is 0 Å². The lowest BCUT2D eigenvalue weighted by Crippen LogP contribution is -2.22. The number of carbonyl (C=O) groups is 1. The minimum absolute atomic E-state index is 0.175. The number of nitrogens with one attached hydrogen (secondary N) is 1. The fourth-order valence-corrected chi connectivity index (χ4v) is 2.28. The monoisotopic (exact) mass is 339 g/mol. The molecule has 2 rings (SSSR count). The maximum atomic E-state index is 12.2. The molecule has 2 aromatic carbocycles. The summed E-state index contributed by atoms with van der Waals surface area (Å²) in [4.78, 5) is 12.2. The van der Waals surface area contributed by atoms with Crippen molar-refractivity contribution in [1.29, 1.82) is 0 Å². The summed E-state index contributed by atoms with van der Waals surface area (Å²) in [6, 6.07) is 9.37. The first kappa shape index (κ1) is 16.5. The Labute approximate surface area is 138 Å². The van der Waals surface area contributed by atoms with Crippen LogP contribution in [0.2, 0.25) is 10.0 Å². The van der Waals surface area contributed by atoms with Crippen LogP contribution in [0.5, 0.6) is 11.5 Å². The molecule has 6 heteroatoms. The number of hydrogen-bond acceptors (Lipinski definition) is 3. The Bertz CT molecular complexity index is 704. The van der Waals surface area contributed by atoms with E-state index in [1.165, 1.54) is 12.1 Å². The molecule has 1 unspecified atom stereocenters. The van der Waals surface area contributed by atoms with Crippen molar-refractivity contribution in [2.75, 3.05) is 5.32 Å². The molecule has 0 aliphatic heterocycles. The zero-order valence-electron chi connectivity index (χ0n) is 11.8. The van der Waals surface area contributed by atoms with Crippen LogP contribution in [-0.4, -0.2) is 16.1 Å². The molecule has 0 saturated carbocycles. The molecule has 0 radical (unpaired) electrons. The van der Waals surface area contributed by atoms with E-state index in [4.69, 9.17) is 23.2 Å². The van der Waals surface area contributed by atoms with Crippen LogP contribution in [0.1, 0.15) is 12.5 Å². The van der Waals surface area contributed by atoms with Crippen molar-refractivity contribution in [3.05, 3.63) is 52.0 Å². The number of amides is 1. The van der Waals surface area contributed by atoms with Gasteiger partial charge in [-0.3, -0.25) is 4.79 Å². The van der Waals surface area contributed by atoms with Crippen LogP contribution in [0.3, 0.4) is 0 Å². The Morgan fingerprint density at radius 2 is 1.82 bits per heavy atom. The summed E-state index contributed by atoms with van der Waals surface area (Å²) < 4.78 is 0. The molecular formula is C16H15Cl2NO3. The summed E-state index contributed by atoms with van der Waals surface area (Å²) in [5, 5.41) is 22.3. The topological polar surface area (TPSA) is 69.6 Å². The highest BCUT2D eigenvalue weighted by atomic mass is 35.5. The summed E-state index contributed by atoms with van der Waals surface area (Å²) >= 11 is 11.7. The first-order valence-corrected chi connectivity index (χ1v) is 7.39. The molecule has 0 bridgehead atoms. The lowest BCUT2D eigenvalue weighted by Gasteiger charge is -2.13. The second-order valence-electron chi connectivity index (χ2n) is 5.05. The predicted octanol–water partition coefficient (Wildman–Crippen LogP) is 4.22. The van der Waals surface area contributed by atoms with Gasteiger partial charge < -0.3 is 15.5 Å². The summed E-state index contributed by atoms with van der Waals surface area (Å²) in [5.74, 6) is -0.879. The Kier molecular flexibility index (Phi) is 5.16. The Hall–Kier alpha value is -1.91. The van der Waals surface area contributed by atoms with E-state index in [0.717, 1.165) is 5.56 Å². The molecule has 0 spiro atoms. The van der Waals surface area contributed by atoms with Crippen LogP contribution in [0.4, 0.5) is 5.69 Å². The molecule has 4 nitrogen and oxygen atoms in total. The van der Waals surface area contributed by atoms with Gasteiger partial charge in [0.1, 0.15) is 0 Å². The van der Waals surface area contributed by atoms with E-state index in [-0.39, 0.29) is 23.3 Å². The summed E-state index contributed by atoms with van der Waals surface area (Å²) in [6.45, 7) is 1.77. The van der Waals surface area contributed by atoms with Gasteiger partial charge in [-0.1, -0.05) is 36.2 Å². The van der Waals surface area contributed by atoms with E-state index in [1.54, 1.807) is 31.2 Å². The largest absolute Gasteiger partial charge is 0.504 e. The van der Waals surface area contributed by atoms with Gasteiger partial charge in [-0.2, -0.15) is 0 Å². The number of halogens is 2. The molecule has 22 heavy (non-hydrogen) atoms. The molecular weight excluding hydrogens is 325 g/mol. The average molecular weight is 340 g/mol. The number of phenolic OH excluding ortho intramolecular Hbond substituents is 2. The molecule has 0 saturated heterocycles. The molecule has 0 aliphatic rings. The number of benzene rings is 2. The maximum Gasteiger partial charge on any atom is 0.227 e. The molecule has 1 atom stereocenters. The van der Waals surface area contributed by atoms with Crippen molar-refractivity contribution in [1.82, 2.24) is 0 Å². The van der Waals surface area contributed by atoms with Crippen molar-refractivity contribution < 1.29 is 15.0 Å². The molecule has 0 heterocycles. The van der Waals surface area contributed by atoms with Gasteiger partial charge in [0.05, 0.1) is 10.0 Å². The van der Waals surface area contributed by atoms with Crippen molar-refractivity contribution in [2.24, 2.45) is 5.92 Å². The minimum atomic E-state index is -0.321. The first-order valence-electron chi connectivity index (χ1n) is 6.63. The number of rotatable bonds is 4. The van der Waals surface area contributed by atoms with Gasteiger partial charge in [0, 0.05) is 11.6 Å². The van der Waals surface area contributed by atoms with Crippen molar-refractivity contribution >= 4 is 34.8 Å². The van der Waals surface area contributed by atoms with Gasteiger partial charge in [0.15, 0.2) is 11.5 Å². The van der Waals surface area contributed by atoms with Crippen LogP contribution in [0, 0.1) is 5.92 Å². The Morgan fingerprint density at radius 3 is 2.45 bits per heavy atom. The maximum absolute atomic E-state index is 12.2. The van der Waals surface area contributed by atoms with E-state index in [0.29, 0.717) is 22.2 Å². The van der Waals surface area contributed by atoms with Crippen molar-refractivity contribution in [2.45, 2.75) is 13.3 Å². The molecule has 0 aromatic heterocycles. The third-order valence-electron chi connectivity index (χ3n) is 3.22. The van der Waals surface area contributed by atoms with Gasteiger partial charge >= 0.3 is 0 Å². The Balaban J connectivity index is 2.02. The number of carbonyl (C=O) groups excluding carboxylic acids is 1. The highest BCUT2D eigenvalue weighted by Crippen LogP contribution is 2.27. The van der Waals surface area contributed by atoms with Gasteiger partial charge in [-0.25, -0.2) is 0 Å². The molecule has 0 fully saturated rings. The average Bonchev–Trinajstić information content (AvgIpc) is 2.46. The van der Waals surface area contributed by atoms with Crippen LogP contribution in [-0.2, 0) is 11.2 Å². The van der Waals surface area contributed by atoms with E-state index in [9.17, 15) is 15.0 Å².